The van der Waals surface area contributed by atoms with Crippen LogP contribution in [0.4, 0.5) is 13.2 Å². The number of halogens is 3. The largest absolute Gasteiger partial charge is 0.433 e. The van der Waals surface area contributed by atoms with Gasteiger partial charge >= 0.3 is 6.18 Å². The van der Waals surface area contributed by atoms with Crippen molar-refractivity contribution in [3.8, 4) is 0 Å². The minimum absolute atomic E-state index is 0.236. The molecular formula is C14H16F3N3O3S2. The summed E-state index contributed by atoms with van der Waals surface area (Å²) in [5, 5.41) is 2.35. The smallest absolute Gasteiger partial charge is 0.310 e. The zero-order chi connectivity index (χ0) is 19.0. The van der Waals surface area contributed by atoms with E-state index in [9.17, 15) is 26.4 Å². The molecule has 2 aromatic rings. The molecule has 0 spiro atoms. The summed E-state index contributed by atoms with van der Waals surface area (Å²) in [6.07, 6.45) is -4.83. The maximum absolute atomic E-state index is 12.7. The molecule has 0 atom stereocenters. The van der Waals surface area contributed by atoms with Gasteiger partial charge in [0.25, 0.3) is 5.56 Å². The standard InChI is InChI=1S/C14H16F3N3O3S2/c1-13(2,3)12-18-8(5-24-12)6-25(22,23)7-10-19-9(14(15,16)17)4-11(21)20-10/h4-5H,6-7H2,1-3H3,(H,19,20,21). The second-order valence-electron chi connectivity index (χ2n) is 6.50. The first kappa shape index (κ1) is 19.6. The molecule has 2 rings (SSSR count). The van der Waals surface area contributed by atoms with Gasteiger partial charge in [-0.15, -0.1) is 11.3 Å². The van der Waals surface area contributed by atoms with Gasteiger partial charge in [-0.2, -0.15) is 13.2 Å². The Bertz CT molecular complexity index is 925. The van der Waals surface area contributed by atoms with E-state index in [-0.39, 0.29) is 11.5 Å². The van der Waals surface area contributed by atoms with Gasteiger partial charge in [0.15, 0.2) is 15.5 Å². The summed E-state index contributed by atoms with van der Waals surface area (Å²) in [4.78, 5) is 20.8. The fourth-order valence-corrected chi connectivity index (χ4v) is 4.19. The third kappa shape index (κ3) is 5.36. The summed E-state index contributed by atoms with van der Waals surface area (Å²) >= 11 is 1.31. The van der Waals surface area contributed by atoms with Crippen molar-refractivity contribution in [2.24, 2.45) is 0 Å². The van der Waals surface area contributed by atoms with Gasteiger partial charge in [0.05, 0.1) is 16.5 Å². The molecule has 0 aliphatic rings. The summed E-state index contributed by atoms with van der Waals surface area (Å²) in [6.45, 7) is 5.80. The van der Waals surface area contributed by atoms with E-state index in [0.29, 0.717) is 5.69 Å². The highest BCUT2D eigenvalue weighted by Gasteiger charge is 2.34. The van der Waals surface area contributed by atoms with Crippen LogP contribution < -0.4 is 5.56 Å². The first-order valence-electron chi connectivity index (χ1n) is 7.09. The second-order valence-corrected chi connectivity index (χ2v) is 9.42. The average molecular weight is 395 g/mol. The molecule has 0 radical (unpaired) electrons. The lowest BCUT2D eigenvalue weighted by atomic mass is 9.98. The van der Waals surface area contributed by atoms with E-state index in [0.717, 1.165) is 5.01 Å². The van der Waals surface area contributed by atoms with Gasteiger partial charge in [0.1, 0.15) is 11.6 Å². The van der Waals surface area contributed by atoms with Gasteiger partial charge in [-0.1, -0.05) is 20.8 Å². The van der Waals surface area contributed by atoms with Crippen LogP contribution in [0, 0.1) is 0 Å². The lowest BCUT2D eigenvalue weighted by molar-refractivity contribution is -0.141. The van der Waals surface area contributed by atoms with Crippen molar-refractivity contribution in [3.05, 3.63) is 44.0 Å². The van der Waals surface area contributed by atoms with Crippen molar-refractivity contribution in [1.82, 2.24) is 15.0 Å². The van der Waals surface area contributed by atoms with Crippen LogP contribution in [-0.4, -0.2) is 23.4 Å². The Morgan fingerprint density at radius 3 is 2.32 bits per heavy atom. The normalized spacial score (nSPS) is 13.2. The van der Waals surface area contributed by atoms with Crippen LogP contribution in [0.15, 0.2) is 16.2 Å². The Morgan fingerprint density at radius 2 is 1.80 bits per heavy atom. The molecule has 0 aliphatic carbocycles. The number of thiazole rings is 1. The maximum atomic E-state index is 12.7. The highest BCUT2D eigenvalue weighted by molar-refractivity contribution is 7.89. The lowest BCUT2D eigenvalue weighted by Gasteiger charge is -2.13. The number of rotatable bonds is 4. The summed E-state index contributed by atoms with van der Waals surface area (Å²) in [6, 6.07) is 0.284. The minimum Gasteiger partial charge on any atom is -0.310 e. The van der Waals surface area contributed by atoms with Crippen molar-refractivity contribution < 1.29 is 21.6 Å². The molecule has 0 aromatic carbocycles. The summed E-state index contributed by atoms with van der Waals surface area (Å²) < 4.78 is 62.5. The molecule has 0 saturated heterocycles. The van der Waals surface area contributed by atoms with E-state index in [1.807, 2.05) is 25.8 Å². The predicted molar refractivity (Wildman–Crippen MR) is 87.0 cm³/mol. The topological polar surface area (TPSA) is 92.8 Å². The molecule has 0 fully saturated rings. The number of alkyl halides is 3. The number of aromatic nitrogens is 3. The van der Waals surface area contributed by atoms with Gasteiger partial charge in [0.2, 0.25) is 0 Å². The Morgan fingerprint density at radius 1 is 1.16 bits per heavy atom. The van der Waals surface area contributed by atoms with Gasteiger partial charge in [0, 0.05) is 16.9 Å². The Hall–Kier alpha value is -1.75. The molecule has 11 heteroatoms. The van der Waals surface area contributed by atoms with Gasteiger partial charge < -0.3 is 4.98 Å². The monoisotopic (exact) mass is 395 g/mol. The van der Waals surface area contributed by atoms with Crippen molar-refractivity contribution >= 4 is 21.2 Å². The highest BCUT2D eigenvalue weighted by Crippen LogP contribution is 2.27. The first-order valence-corrected chi connectivity index (χ1v) is 9.79. The number of aromatic amines is 1. The molecule has 0 saturated carbocycles. The third-order valence-corrected chi connectivity index (χ3v) is 5.76. The minimum atomic E-state index is -4.83. The van der Waals surface area contributed by atoms with Crippen molar-refractivity contribution in [1.29, 1.82) is 0 Å². The molecule has 138 valence electrons. The molecule has 25 heavy (non-hydrogen) atoms. The van der Waals surface area contributed by atoms with E-state index in [4.69, 9.17) is 0 Å². The van der Waals surface area contributed by atoms with Crippen LogP contribution >= 0.6 is 11.3 Å². The number of H-pyrrole nitrogens is 1. The Balaban J connectivity index is 2.23. The van der Waals surface area contributed by atoms with E-state index in [1.165, 1.54) is 11.3 Å². The molecule has 6 nitrogen and oxygen atoms in total. The van der Waals surface area contributed by atoms with E-state index >= 15 is 0 Å². The van der Waals surface area contributed by atoms with Gasteiger partial charge in [-0.25, -0.2) is 18.4 Å². The molecule has 2 heterocycles. The second kappa shape index (κ2) is 6.52. The molecule has 0 amide bonds. The number of nitrogens with one attached hydrogen (secondary N) is 1. The van der Waals surface area contributed by atoms with Crippen molar-refractivity contribution in [2.45, 2.75) is 43.9 Å². The third-order valence-electron chi connectivity index (χ3n) is 3.00. The van der Waals surface area contributed by atoms with E-state index < -0.39 is 44.6 Å². The maximum Gasteiger partial charge on any atom is 0.433 e. The number of hydrogen-bond acceptors (Lipinski definition) is 6. The number of sulfone groups is 1. The highest BCUT2D eigenvalue weighted by atomic mass is 32.2. The first-order chi connectivity index (χ1) is 11.3. The van der Waals surface area contributed by atoms with Crippen molar-refractivity contribution in [2.75, 3.05) is 0 Å². The molecule has 0 aliphatic heterocycles. The van der Waals surface area contributed by atoms with Gasteiger partial charge in [-0.05, 0) is 0 Å². The molecule has 1 N–H and O–H groups in total. The van der Waals surface area contributed by atoms with Crippen LogP contribution in [0.1, 0.15) is 43.0 Å². The fourth-order valence-electron chi connectivity index (χ4n) is 1.92. The quantitative estimate of drug-likeness (QED) is 0.859. The van der Waals surface area contributed by atoms with Crippen molar-refractivity contribution in [3.63, 3.8) is 0 Å². The van der Waals surface area contributed by atoms with E-state index in [1.54, 1.807) is 5.38 Å². The zero-order valence-corrected chi connectivity index (χ0v) is 15.3. The molecule has 0 bridgehead atoms. The summed E-state index contributed by atoms with van der Waals surface area (Å²) in [5.74, 6) is -1.81. The van der Waals surface area contributed by atoms with Crippen LogP contribution in [0.3, 0.4) is 0 Å². The Kier molecular flexibility index (Phi) is 5.11. The summed E-state index contributed by atoms with van der Waals surface area (Å²) in [5.41, 5.74) is -2.41. The lowest BCUT2D eigenvalue weighted by Crippen LogP contribution is -2.21. The molecule has 0 unspecified atom stereocenters. The number of nitrogens with zero attached hydrogens (tertiary/aromatic N) is 2. The SMILES string of the molecule is CC(C)(C)c1nc(CS(=O)(=O)Cc2nc(C(F)(F)F)cc(=O)[nH]2)cs1. The molecular weight excluding hydrogens is 379 g/mol. The van der Waals surface area contributed by atoms with Crippen LogP contribution in [0.25, 0.3) is 0 Å². The van der Waals surface area contributed by atoms with Crippen LogP contribution in [0.2, 0.25) is 0 Å². The molecule has 2 aromatic heterocycles. The average Bonchev–Trinajstić information content (AvgIpc) is 2.83. The fraction of sp³-hybridized carbons (Fsp3) is 0.500. The number of hydrogen-bond donors (Lipinski definition) is 1. The van der Waals surface area contributed by atoms with Crippen LogP contribution in [0.5, 0.6) is 0 Å². The summed E-state index contributed by atoms with van der Waals surface area (Å²) in [7, 11) is -3.85. The van der Waals surface area contributed by atoms with E-state index in [2.05, 4.69) is 9.97 Å². The zero-order valence-electron chi connectivity index (χ0n) is 13.6. The van der Waals surface area contributed by atoms with Crippen LogP contribution in [-0.2, 0) is 32.9 Å². The van der Waals surface area contributed by atoms with Gasteiger partial charge in [-0.3, -0.25) is 4.79 Å². The Labute approximate surface area is 146 Å². The predicted octanol–water partition coefficient (Wildman–Crippen LogP) is 2.66.